The number of rotatable bonds is 0. The normalized spacial score (nSPS) is 47.3. The minimum atomic E-state index is -0.0556. The SMILES string of the molecule is O/N=C1/C2C=CC(C2)C1Cl. The van der Waals surface area contributed by atoms with E-state index in [2.05, 4.69) is 17.3 Å². The molecule has 10 heavy (non-hydrogen) atoms. The number of hydrogen-bond donors (Lipinski definition) is 1. The fourth-order valence-corrected chi connectivity index (χ4v) is 2.11. The van der Waals surface area contributed by atoms with Gasteiger partial charge in [-0.1, -0.05) is 17.3 Å². The van der Waals surface area contributed by atoms with Crippen LogP contribution in [0.2, 0.25) is 0 Å². The van der Waals surface area contributed by atoms with Crippen molar-refractivity contribution in [2.24, 2.45) is 17.0 Å². The van der Waals surface area contributed by atoms with Gasteiger partial charge >= 0.3 is 0 Å². The summed E-state index contributed by atoms with van der Waals surface area (Å²) in [5.74, 6) is 0.732. The van der Waals surface area contributed by atoms with Crippen molar-refractivity contribution in [2.75, 3.05) is 0 Å². The quantitative estimate of drug-likeness (QED) is 0.247. The number of nitrogens with zero attached hydrogens (tertiary/aromatic N) is 1. The van der Waals surface area contributed by atoms with Crippen molar-refractivity contribution < 1.29 is 5.21 Å². The Morgan fingerprint density at radius 1 is 1.60 bits per heavy atom. The average molecular weight is 158 g/mol. The number of halogens is 1. The molecule has 2 aliphatic carbocycles. The predicted molar refractivity (Wildman–Crippen MR) is 39.6 cm³/mol. The van der Waals surface area contributed by atoms with E-state index in [-0.39, 0.29) is 5.38 Å². The van der Waals surface area contributed by atoms with Gasteiger partial charge in [0.05, 0.1) is 11.1 Å². The van der Waals surface area contributed by atoms with Crippen LogP contribution in [0.1, 0.15) is 6.42 Å². The van der Waals surface area contributed by atoms with Crippen LogP contribution in [-0.4, -0.2) is 16.3 Å². The molecule has 0 aromatic carbocycles. The second-order valence-corrected chi connectivity index (χ2v) is 3.29. The Kier molecular flexibility index (Phi) is 1.24. The van der Waals surface area contributed by atoms with Gasteiger partial charge in [-0.2, -0.15) is 0 Å². The van der Waals surface area contributed by atoms with E-state index in [1.54, 1.807) is 0 Å². The highest BCUT2D eigenvalue weighted by atomic mass is 35.5. The van der Waals surface area contributed by atoms with Crippen LogP contribution < -0.4 is 0 Å². The van der Waals surface area contributed by atoms with Gasteiger partial charge in [0.1, 0.15) is 0 Å². The van der Waals surface area contributed by atoms with Crippen molar-refractivity contribution in [1.82, 2.24) is 0 Å². The van der Waals surface area contributed by atoms with Gasteiger partial charge in [-0.3, -0.25) is 0 Å². The first-order chi connectivity index (χ1) is 4.83. The molecule has 1 saturated carbocycles. The maximum absolute atomic E-state index is 8.53. The van der Waals surface area contributed by atoms with Crippen LogP contribution in [0.5, 0.6) is 0 Å². The highest BCUT2D eigenvalue weighted by molar-refractivity contribution is 6.34. The molecule has 0 aromatic heterocycles. The lowest BCUT2D eigenvalue weighted by molar-refractivity contribution is 0.316. The number of allylic oxidation sites excluding steroid dienone is 2. The summed E-state index contributed by atoms with van der Waals surface area (Å²) < 4.78 is 0. The van der Waals surface area contributed by atoms with E-state index in [0.29, 0.717) is 11.8 Å². The maximum Gasteiger partial charge on any atom is 0.0823 e. The summed E-state index contributed by atoms with van der Waals surface area (Å²) in [6.45, 7) is 0. The van der Waals surface area contributed by atoms with Crippen molar-refractivity contribution >= 4 is 17.3 Å². The minimum absolute atomic E-state index is 0.0556. The molecular weight excluding hydrogens is 150 g/mol. The van der Waals surface area contributed by atoms with Crippen LogP contribution in [0.4, 0.5) is 0 Å². The van der Waals surface area contributed by atoms with Crippen LogP contribution in [-0.2, 0) is 0 Å². The van der Waals surface area contributed by atoms with Crippen molar-refractivity contribution in [3.05, 3.63) is 12.2 Å². The fraction of sp³-hybridized carbons (Fsp3) is 0.571. The second-order valence-electron chi connectivity index (χ2n) is 2.82. The molecule has 2 aliphatic rings. The van der Waals surface area contributed by atoms with E-state index in [1.807, 2.05) is 0 Å². The van der Waals surface area contributed by atoms with Crippen LogP contribution in [0.3, 0.4) is 0 Å². The lowest BCUT2D eigenvalue weighted by atomic mass is 10.1. The molecule has 2 bridgehead atoms. The van der Waals surface area contributed by atoms with Crippen molar-refractivity contribution in [2.45, 2.75) is 11.8 Å². The van der Waals surface area contributed by atoms with Gasteiger partial charge in [0.25, 0.3) is 0 Å². The highest BCUT2D eigenvalue weighted by Crippen LogP contribution is 2.39. The molecule has 1 N–H and O–H groups in total. The lowest BCUT2D eigenvalue weighted by Gasteiger charge is -2.10. The topological polar surface area (TPSA) is 32.6 Å². The molecule has 0 radical (unpaired) electrons. The molecule has 0 heterocycles. The Hall–Kier alpha value is -0.500. The first-order valence-electron chi connectivity index (χ1n) is 3.37. The summed E-state index contributed by atoms with van der Waals surface area (Å²) in [4.78, 5) is 0. The molecule has 3 unspecified atom stereocenters. The molecule has 0 aromatic rings. The third-order valence-corrected chi connectivity index (χ3v) is 2.82. The van der Waals surface area contributed by atoms with Gasteiger partial charge in [-0.05, 0) is 12.3 Å². The van der Waals surface area contributed by atoms with E-state index in [9.17, 15) is 0 Å². The summed E-state index contributed by atoms with van der Waals surface area (Å²) in [5.41, 5.74) is 0.745. The second kappa shape index (κ2) is 1.99. The Morgan fingerprint density at radius 2 is 2.40 bits per heavy atom. The number of fused-ring (bicyclic) bond motifs is 2. The van der Waals surface area contributed by atoms with Gasteiger partial charge in [-0.15, -0.1) is 11.6 Å². The minimum Gasteiger partial charge on any atom is -0.411 e. The lowest BCUT2D eigenvalue weighted by Crippen LogP contribution is -2.19. The highest BCUT2D eigenvalue weighted by Gasteiger charge is 2.40. The predicted octanol–water partition coefficient (Wildman–Crippen LogP) is 1.63. The Balaban J connectivity index is 2.34. The molecule has 0 aliphatic heterocycles. The number of alkyl halides is 1. The van der Waals surface area contributed by atoms with Crippen LogP contribution in [0.25, 0.3) is 0 Å². The van der Waals surface area contributed by atoms with E-state index in [4.69, 9.17) is 16.8 Å². The largest absolute Gasteiger partial charge is 0.411 e. The van der Waals surface area contributed by atoms with Crippen LogP contribution in [0, 0.1) is 11.8 Å². The van der Waals surface area contributed by atoms with Gasteiger partial charge in [0, 0.05) is 5.92 Å². The fourth-order valence-electron chi connectivity index (χ4n) is 1.72. The molecule has 0 amide bonds. The third kappa shape index (κ3) is 0.626. The van der Waals surface area contributed by atoms with Gasteiger partial charge in [-0.25, -0.2) is 0 Å². The Bertz CT molecular complexity index is 212. The smallest absolute Gasteiger partial charge is 0.0823 e. The average Bonchev–Trinajstić information content (AvgIpc) is 2.46. The summed E-state index contributed by atoms with van der Waals surface area (Å²) in [5, 5.41) is 11.7. The van der Waals surface area contributed by atoms with E-state index < -0.39 is 0 Å². The van der Waals surface area contributed by atoms with Gasteiger partial charge < -0.3 is 5.21 Å². The zero-order chi connectivity index (χ0) is 7.14. The summed E-state index contributed by atoms with van der Waals surface area (Å²) in [6.07, 6.45) is 5.21. The zero-order valence-electron chi connectivity index (χ0n) is 5.37. The number of hydrogen-bond acceptors (Lipinski definition) is 2. The molecule has 3 atom stereocenters. The van der Waals surface area contributed by atoms with Crippen LogP contribution >= 0.6 is 11.6 Å². The van der Waals surface area contributed by atoms with E-state index in [1.165, 1.54) is 0 Å². The van der Waals surface area contributed by atoms with E-state index in [0.717, 1.165) is 12.1 Å². The maximum atomic E-state index is 8.53. The molecule has 54 valence electrons. The summed E-state index contributed by atoms with van der Waals surface area (Å²) in [7, 11) is 0. The van der Waals surface area contributed by atoms with Crippen LogP contribution in [0.15, 0.2) is 17.3 Å². The number of oxime groups is 1. The molecule has 2 rings (SSSR count). The molecular formula is C7H8ClNO. The van der Waals surface area contributed by atoms with Crippen molar-refractivity contribution in [3.63, 3.8) is 0 Å². The first kappa shape index (κ1) is 6.23. The summed E-state index contributed by atoms with van der Waals surface area (Å²) in [6, 6.07) is 0. The van der Waals surface area contributed by atoms with Gasteiger partial charge in [0.15, 0.2) is 0 Å². The van der Waals surface area contributed by atoms with E-state index >= 15 is 0 Å². The molecule has 1 fully saturated rings. The summed E-state index contributed by atoms with van der Waals surface area (Å²) >= 11 is 5.93. The molecule has 2 nitrogen and oxygen atoms in total. The first-order valence-corrected chi connectivity index (χ1v) is 3.81. The van der Waals surface area contributed by atoms with Crippen molar-refractivity contribution in [3.8, 4) is 0 Å². The molecule has 0 saturated heterocycles. The monoisotopic (exact) mass is 157 g/mol. The third-order valence-electron chi connectivity index (χ3n) is 2.27. The Morgan fingerprint density at radius 3 is 2.80 bits per heavy atom. The molecule has 3 heteroatoms. The zero-order valence-corrected chi connectivity index (χ0v) is 6.12. The molecule has 0 spiro atoms. The Labute approximate surface area is 64.2 Å². The standard InChI is InChI=1S/C7H8ClNO/c8-6-4-1-2-5(3-4)7(6)9-10/h1-2,4-6,10H,3H2/b9-7-. The van der Waals surface area contributed by atoms with Crippen molar-refractivity contribution in [1.29, 1.82) is 0 Å². The van der Waals surface area contributed by atoms with Gasteiger partial charge in [0.2, 0.25) is 0 Å².